The summed E-state index contributed by atoms with van der Waals surface area (Å²) in [6.07, 6.45) is 8.12. The maximum atomic E-state index is 12.8. The van der Waals surface area contributed by atoms with Crippen LogP contribution in [0.25, 0.3) is 27.8 Å². The van der Waals surface area contributed by atoms with Gasteiger partial charge in [0.15, 0.2) is 0 Å². The number of rotatable bonds is 5. The Balaban J connectivity index is 1.21. The first-order valence-electron chi connectivity index (χ1n) is 12.2. The minimum absolute atomic E-state index is 0.306. The van der Waals surface area contributed by atoms with Crippen LogP contribution < -0.4 is 10.1 Å². The van der Waals surface area contributed by atoms with Crippen molar-refractivity contribution in [3.05, 3.63) is 78.2 Å². The standard InChI is InChI=1S/C28H27N5O2/c1-18-7-5-12-26-29-25(17-33(18)26)27(34)32-28-30-23-14-13-20(16-24(23)31-28)19-8-6-11-22(15-19)35-21-9-3-2-4-10-21/h5-8,11-17,21H,2-4,9-10H2,1H3,(H2,30,31,32,34). The number of benzene rings is 2. The molecule has 0 spiro atoms. The maximum Gasteiger partial charge on any atom is 0.278 e. The fourth-order valence-corrected chi connectivity index (χ4v) is 4.80. The molecule has 0 bridgehead atoms. The molecule has 1 amide bonds. The number of nitrogens with zero attached hydrogens (tertiary/aromatic N) is 3. The molecule has 7 nitrogen and oxygen atoms in total. The van der Waals surface area contributed by atoms with Crippen molar-refractivity contribution in [3.63, 3.8) is 0 Å². The highest BCUT2D eigenvalue weighted by Gasteiger charge is 2.16. The van der Waals surface area contributed by atoms with Crippen LogP contribution in [0.1, 0.15) is 48.3 Å². The van der Waals surface area contributed by atoms with E-state index in [0.717, 1.165) is 52.1 Å². The number of aryl methyl sites for hydroxylation is 1. The molecular weight excluding hydrogens is 438 g/mol. The molecule has 1 aliphatic rings. The zero-order valence-electron chi connectivity index (χ0n) is 19.6. The zero-order valence-corrected chi connectivity index (χ0v) is 19.6. The van der Waals surface area contributed by atoms with Gasteiger partial charge >= 0.3 is 0 Å². The molecule has 0 radical (unpaired) electrons. The number of imidazole rings is 2. The van der Waals surface area contributed by atoms with E-state index >= 15 is 0 Å². The van der Waals surface area contributed by atoms with Gasteiger partial charge < -0.3 is 14.1 Å². The SMILES string of the molecule is Cc1cccc2nc(C(=O)Nc3nc4cc(-c5cccc(OC6CCCCC6)c5)ccc4[nH]3)cn12. The van der Waals surface area contributed by atoms with Gasteiger partial charge in [-0.2, -0.15) is 0 Å². The summed E-state index contributed by atoms with van der Waals surface area (Å²) in [5.74, 6) is 0.998. The molecule has 1 aliphatic carbocycles. The Hall–Kier alpha value is -4.13. The molecule has 1 fully saturated rings. The van der Waals surface area contributed by atoms with Gasteiger partial charge in [-0.1, -0.05) is 30.7 Å². The Bertz CT molecular complexity index is 1530. The highest BCUT2D eigenvalue weighted by atomic mass is 16.5. The van der Waals surface area contributed by atoms with E-state index in [2.05, 4.69) is 38.5 Å². The lowest BCUT2D eigenvalue weighted by Gasteiger charge is -2.23. The van der Waals surface area contributed by atoms with E-state index in [1.54, 1.807) is 6.20 Å². The molecule has 6 rings (SSSR count). The monoisotopic (exact) mass is 465 g/mol. The molecule has 0 saturated heterocycles. The molecule has 2 aromatic carbocycles. The van der Waals surface area contributed by atoms with E-state index in [1.165, 1.54) is 19.3 Å². The number of pyridine rings is 1. The van der Waals surface area contributed by atoms with Crippen molar-refractivity contribution in [2.24, 2.45) is 0 Å². The molecule has 5 aromatic rings. The second-order valence-electron chi connectivity index (χ2n) is 9.20. The number of fused-ring (bicyclic) bond motifs is 2. The van der Waals surface area contributed by atoms with Crippen LogP contribution in [0.15, 0.2) is 66.9 Å². The Morgan fingerprint density at radius 2 is 1.83 bits per heavy atom. The molecule has 0 atom stereocenters. The van der Waals surface area contributed by atoms with Crippen LogP contribution in [-0.4, -0.2) is 31.4 Å². The lowest BCUT2D eigenvalue weighted by atomic mass is 9.97. The molecular formula is C28H27N5O2. The molecule has 1 saturated carbocycles. The number of aromatic nitrogens is 4. The first-order valence-corrected chi connectivity index (χ1v) is 12.2. The lowest BCUT2D eigenvalue weighted by molar-refractivity contribution is 0.102. The highest BCUT2D eigenvalue weighted by molar-refractivity contribution is 6.03. The fraction of sp³-hybridized carbons (Fsp3) is 0.250. The number of carbonyl (C=O) groups is 1. The average Bonchev–Trinajstić information content (AvgIpc) is 3.49. The van der Waals surface area contributed by atoms with Crippen LogP contribution in [0, 0.1) is 6.92 Å². The Labute approximate surface area is 203 Å². The molecule has 35 heavy (non-hydrogen) atoms. The second-order valence-corrected chi connectivity index (χ2v) is 9.20. The molecule has 0 unspecified atom stereocenters. The van der Waals surface area contributed by atoms with Crippen molar-refractivity contribution in [3.8, 4) is 16.9 Å². The number of amides is 1. The summed E-state index contributed by atoms with van der Waals surface area (Å²) in [5, 5.41) is 2.84. The third-order valence-electron chi connectivity index (χ3n) is 6.67. The second kappa shape index (κ2) is 8.91. The number of carbonyl (C=O) groups excluding carboxylic acids is 1. The molecule has 2 N–H and O–H groups in total. The van der Waals surface area contributed by atoms with Crippen molar-refractivity contribution in [2.45, 2.75) is 45.1 Å². The van der Waals surface area contributed by atoms with E-state index in [-0.39, 0.29) is 5.91 Å². The highest BCUT2D eigenvalue weighted by Crippen LogP contribution is 2.29. The van der Waals surface area contributed by atoms with Gasteiger partial charge in [-0.25, -0.2) is 9.97 Å². The van der Waals surface area contributed by atoms with E-state index < -0.39 is 0 Å². The largest absolute Gasteiger partial charge is 0.490 e. The summed E-state index contributed by atoms with van der Waals surface area (Å²) in [4.78, 5) is 25.0. The number of anilines is 1. The molecule has 3 heterocycles. The number of nitrogens with one attached hydrogen (secondary N) is 2. The van der Waals surface area contributed by atoms with Gasteiger partial charge in [0.25, 0.3) is 5.91 Å². The van der Waals surface area contributed by atoms with Gasteiger partial charge in [0.05, 0.1) is 17.1 Å². The maximum absolute atomic E-state index is 12.8. The van der Waals surface area contributed by atoms with Crippen LogP contribution in [0.3, 0.4) is 0 Å². The van der Waals surface area contributed by atoms with Crippen molar-refractivity contribution in [2.75, 3.05) is 5.32 Å². The molecule has 7 heteroatoms. The number of aromatic amines is 1. The summed E-state index contributed by atoms with van der Waals surface area (Å²) in [7, 11) is 0. The van der Waals surface area contributed by atoms with Gasteiger partial charge in [0.2, 0.25) is 5.95 Å². The normalized spacial score (nSPS) is 14.4. The first-order chi connectivity index (χ1) is 17.1. The zero-order chi connectivity index (χ0) is 23.8. The summed E-state index contributed by atoms with van der Waals surface area (Å²) in [6, 6.07) is 20.1. The van der Waals surface area contributed by atoms with Gasteiger partial charge in [-0.05, 0) is 80.1 Å². The Morgan fingerprint density at radius 3 is 2.69 bits per heavy atom. The smallest absolute Gasteiger partial charge is 0.278 e. The predicted octanol–water partition coefficient (Wildman–Crippen LogP) is 6.15. The summed E-state index contributed by atoms with van der Waals surface area (Å²) >= 11 is 0. The van der Waals surface area contributed by atoms with Crippen molar-refractivity contribution < 1.29 is 9.53 Å². The topological polar surface area (TPSA) is 84.3 Å². The quantitative estimate of drug-likeness (QED) is 0.326. The van der Waals surface area contributed by atoms with Gasteiger partial charge in [0.1, 0.15) is 17.1 Å². The molecule has 176 valence electrons. The summed E-state index contributed by atoms with van der Waals surface area (Å²) < 4.78 is 8.14. The molecule has 3 aromatic heterocycles. The van der Waals surface area contributed by atoms with Crippen LogP contribution in [-0.2, 0) is 0 Å². The predicted molar refractivity (Wildman–Crippen MR) is 137 cm³/mol. The van der Waals surface area contributed by atoms with Crippen molar-refractivity contribution in [1.29, 1.82) is 0 Å². The number of hydrogen-bond acceptors (Lipinski definition) is 4. The first kappa shape index (κ1) is 21.4. The summed E-state index contributed by atoms with van der Waals surface area (Å²) in [6.45, 7) is 1.98. The third-order valence-corrected chi connectivity index (χ3v) is 6.67. The number of H-pyrrole nitrogens is 1. The van der Waals surface area contributed by atoms with E-state index in [4.69, 9.17) is 4.74 Å². The van der Waals surface area contributed by atoms with Crippen molar-refractivity contribution in [1.82, 2.24) is 19.4 Å². The number of ether oxygens (including phenoxy) is 1. The Kier molecular flexibility index (Phi) is 5.45. The average molecular weight is 466 g/mol. The van der Waals surface area contributed by atoms with Crippen LogP contribution in [0.4, 0.5) is 5.95 Å². The van der Waals surface area contributed by atoms with Crippen molar-refractivity contribution >= 4 is 28.5 Å². The van der Waals surface area contributed by atoms with E-state index in [0.29, 0.717) is 17.7 Å². The van der Waals surface area contributed by atoms with Crippen LogP contribution in [0.5, 0.6) is 5.75 Å². The fourth-order valence-electron chi connectivity index (χ4n) is 4.80. The lowest BCUT2D eigenvalue weighted by Crippen LogP contribution is -2.19. The minimum Gasteiger partial charge on any atom is -0.490 e. The third kappa shape index (κ3) is 4.37. The minimum atomic E-state index is -0.306. The summed E-state index contributed by atoms with van der Waals surface area (Å²) in [5.41, 5.74) is 5.85. The molecule has 0 aliphatic heterocycles. The van der Waals surface area contributed by atoms with E-state index in [9.17, 15) is 4.79 Å². The van der Waals surface area contributed by atoms with Gasteiger partial charge in [-0.15, -0.1) is 0 Å². The van der Waals surface area contributed by atoms with Gasteiger partial charge in [-0.3, -0.25) is 10.1 Å². The van der Waals surface area contributed by atoms with E-state index in [1.807, 2.05) is 53.8 Å². The van der Waals surface area contributed by atoms with Gasteiger partial charge in [0, 0.05) is 11.9 Å². The Morgan fingerprint density at radius 1 is 1.00 bits per heavy atom. The van der Waals surface area contributed by atoms with Crippen LogP contribution >= 0.6 is 0 Å². The number of hydrogen-bond donors (Lipinski definition) is 2. The van der Waals surface area contributed by atoms with Crippen LogP contribution in [0.2, 0.25) is 0 Å².